The average molecular weight is 398 g/mol. The van der Waals surface area contributed by atoms with Gasteiger partial charge in [-0.15, -0.1) is 0 Å². The molecule has 6 nitrogen and oxygen atoms in total. The van der Waals surface area contributed by atoms with Crippen molar-refractivity contribution in [3.63, 3.8) is 0 Å². The maximum atomic E-state index is 14.3. The standard InChI is InChI=1S/C15H12F6N2O4/c1-3-26-9-5-8(7(16)4-10(9)27-13(17)18)23-12(24)6-11(15(19,20)21)22(2)14(23)25/h4-6,13H,3H2,1-2H3. The van der Waals surface area contributed by atoms with E-state index in [1.807, 2.05) is 0 Å². The van der Waals surface area contributed by atoms with Crippen LogP contribution in [0.4, 0.5) is 26.3 Å². The number of aromatic nitrogens is 2. The Bertz CT molecular complexity index is 964. The van der Waals surface area contributed by atoms with E-state index in [9.17, 15) is 35.9 Å². The SMILES string of the molecule is CCOc1cc(-n2c(=O)cc(C(F)(F)F)n(C)c2=O)c(F)cc1OC(F)F. The molecule has 0 aliphatic heterocycles. The molecule has 1 aromatic carbocycles. The quantitative estimate of drug-likeness (QED) is 0.727. The molecule has 0 radical (unpaired) electrons. The summed E-state index contributed by atoms with van der Waals surface area (Å²) in [5.74, 6) is -2.49. The lowest BCUT2D eigenvalue weighted by molar-refractivity contribution is -0.144. The van der Waals surface area contributed by atoms with Crippen LogP contribution < -0.4 is 20.7 Å². The number of rotatable bonds is 5. The summed E-state index contributed by atoms with van der Waals surface area (Å²) in [4.78, 5) is 24.2. The van der Waals surface area contributed by atoms with Crippen LogP contribution in [0.3, 0.4) is 0 Å². The van der Waals surface area contributed by atoms with Crippen molar-refractivity contribution in [3.05, 3.63) is 50.5 Å². The highest BCUT2D eigenvalue weighted by atomic mass is 19.4. The zero-order valence-corrected chi connectivity index (χ0v) is 13.8. The number of ether oxygens (including phenoxy) is 2. The van der Waals surface area contributed by atoms with Gasteiger partial charge in [0.2, 0.25) is 0 Å². The fraction of sp³-hybridized carbons (Fsp3) is 0.333. The van der Waals surface area contributed by atoms with Crippen molar-refractivity contribution in [2.24, 2.45) is 7.05 Å². The van der Waals surface area contributed by atoms with Gasteiger partial charge in [0.05, 0.1) is 12.3 Å². The van der Waals surface area contributed by atoms with Crippen LogP contribution in [-0.2, 0) is 13.2 Å². The third kappa shape index (κ3) is 4.09. The first-order valence-corrected chi connectivity index (χ1v) is 7.29. The van der Waals surface area contributed by atoms with Gasteiger partial charge in [0.15, 0.2) is 17.3 Å². The summed E-state index contributed by atoms with van der Waals surface area (Å²) in [6.07, 6.45) is -4.99. The molecule has 12 heteroatoms. The first-order valence-electron chi connectivity index (χ1n) is 7.29. The van der Waals surface area contributed by atoms with Crippen molar-refractivity contribution in [2.75, 3.05) is 6.61 Å². The molecule has 0 unspecified atom stereocenters. The summed E-state index contributed by atoms with van der Waals surface area (Å²) >= 11 is 0. The van der Waals surface area contributed by atoms with Crippen LogP contribution in [0.1, 0.15) is 12.6 Å². The van der Waals surface area contributed by atoms with Gasteiger partial charge >= 0.3 is 18.5 Å². The Morgan fingerprint density at radius 3 is 2.26 bits per heavy atom. The van der Waals surface area contributed by atoms with Crippen LogP contribution >= 0.6 is 0 Å². The number of hydrogen-bond donors (Lipinski definition) is 0. The average Bonchev–Trinajstić information content (AvgIpc) is 2.53. The van der Waals surface area contributed by atoms with Crippen molar-refractivity contribution < 1.29 is 35.8 Å². The first kappa shape index (κ1) is 20.4. The fourth-order valence-electron chi connectivity index (χ4n) is 2.27. The zero-order valence-electron chi connectivity index (χ0n) is 13.8. The Morgan fingerprint density at radius 2 is 1.74 bits per heavy atom. The smallest absolute Gasteiger partial charge is 0.431 e. The maximum absolute atomic E-state index is 14.3. The largest absolute Gasteiger partial charge is 0.490 e. The molecule has 0 saturated heterocycles. The van der Waals surface area contributed by atoms with E-state index in [0.717, 1.165) is 7.05 Å². The van der Waals surface area contributed by atoms with Gasteiger partial charge < -0.3 is 9.47 Å². The summed E-state index contributed by atoms with van der Waals surface area (Å²) < 4.78 is 87.1. The van der Waals surface area contributed by atoms with E-state index in [-0.39, 0.29) is 21.8 Å². The molecule has 2 aromatic rings. The lowest BCUT2D eigenvalue weighted by atomic mass is 10.2. The van der Waals surface area contributed by atoms with Crippen molar-refractivity contribution in [2.45, 2.75) is 19.7 Å². The normalized spacial score (nSPS) is 11.7. The van der Waals surface area contributed by atoms with Crippen LogP contribution in [0.2, 0.25) is 0 Å². The summed E-state index contributed by atoms with van der Waals surface area (Å²) in [6.45, 7) is -1.90. The van der Waals surface area contributed by atoms with Gasteiger partial charge in [-0.25, -0.2) is 13.8 Å². The molecule has 1 heterocycles. The highest BCUT2D eigenvalue weighted by Gasteiger charge is 2.35. The van der Waals surface area contributed by atoms with Crippen molar-refractivity contribution in [1.82, 2.24) is 9.13 Å². The molecule has 2 rings (SSSR count). The van der Waals surface area contributed by atoms with Gasteiger partial charge in [0.25, 0.3) is 5.56 Å². The molecule has 0 N–H and O–H groups in total. The second-order valence-electron chi connectivity index (χ2n) is 5.10. The lowest BCUT2D eigenvalue weighted by Crippen LogP contribution is -2.41. The van der Waals surface area contributed by atoms with Crippen LogP contribution in [-0.4, -0.2) is 22.4 Å². The molecule has 148 valence electrons. The van der Waals surface area contributed by atoms with E-state index < -0.39 is 52.7 Å². The third-order valence-electron chi connectivity index (χ3n) is 3.38. The molecule has 0 fully saturated rings. The fourth-order valence-corrected chi connectivity index (χ4v) is 2.27. The summed E-state index contributed by atoms with van der Waals surface area (Å²) in [6, 6.07) is 1.27. The number of hydrogen-bond acceptors (Lipinski definition) is 4. The Kier molecular flexibility index (Phi) is 5.56. The molecule has 0 atom stereocenters. The van der Waals surface area contributed by atoms with Gasteiger partial charge in [-0.3, -0.25) is 9.36 Å². The summed E-state index contributed by atoms with van der Waals surface area (Å²) in [5, 5.41) is 0. The highest BCUT2D eigenvalue weighted by molar-refractivity contribution is 5.50. The van der Waals surface area contributed by atoms with Gasteiger partial charge in [-0.05, 0) is 6.92 Å². The van der Waals surface area contributed by atoms with E-state index in [4.69, 9.17) is 4.74 Å². The number of benzene rings is 1. The molecule has 0 aliphatic rings. The van der Waals surface area contributed by atoms with Gasteiger partial charge in [0.1, 0.15) is 5.69 Å². The van der Waals surface area contributed by atoms with Crippen LogP contribution in [0.15, 0.2) is 27.8 Å². The second kappa shape index (κ2) is 7.37. The molecule has 0 bridgehead atoms. The van der Waals surface area contributed by atoms with Crippen LogP contribution in [0, 0.1) is 5.82 Å². The number of nitrogens with zero attached hydrogens (tertiary/aromatic N) is 2. The first-order chi connectivity index (χ1) is 12.5. The highest BCUT2D eigenvalue weighted by Crippen LogP contribution is 2.33. The lowest BCUT2D eigenvalue weighted by Gasteiger charge is -2.16. The Labute approximate surface area is 147 Å². The molecule has 1 aromatic heterocycles. The molecule has 0 saturated carbocycles. The Morgan fingerprint density at radius 1 is 1.11 bits per heavy atom. The predicted molar refractivity (Wildman–Crippen MR) is 80.0 cm³/mol. The monoisotopic (exact) mass is 398 g/mol. The minimum Gasteiger partial charge on any atom is -0.490 e. The zero-order chi connectivity index (χ0) is 20.5. The van der Waals surface area contributed by atoms with Crippen molar-refractivity contribution in [3.8, 4) is 17.2 Å². The number of halogens is 6. The molecule has 27 heavy (non-hydrogen) atoms. The van der Waals surface area contributed by atoms with Crippen molar-refractivity contribution in [1.29, 1.82) is 0 Å². The molecular formula is C15H12F6N2O4. The minimum atomic E-state index is -4.99. The third-order valence-corrected chi connectivity index (χ3v) is 3.38. The topological polar surface area (TPSA) is 62.5 Å². The van der Waals surface area contributed by atoms with E-state index in [1.165, 1.54) is 6.92 Å². The molecular weight excluding hydrogens is 386 g/mol. The molecule has 0 aliphatic carbocycles. The van der Waals surface area contributed by atoms with E-state index in [1.54, 1.807) is 0 Å². The van der Waals surface area contributed by atoms with Crippen LogP contribution in [0.25, 0.3) is 5.69 Å². The summed E-state index contributed by atoms with van der Waals surface area (Å²) in [5.41, 5.74) is -5.26. The van der Waals surface area contributed by atoms with E-state index in [0.29, 0.717) is 12.1 Å². The van der Waals surface area contributed by atoms with Gasteiger partial charge in [-0.1, -0.05) is 0 Å². The van der Waals surface area contributed by atoms with Crippen molar-refractivity contribution >= 4 is 0 Å². The van der Waals surface area contributed by atoms with Gasteiger partial charge in [0, 0.05) is 25.2 Å². The minimum absolute atomic E-state index is 0.0649. The Balaban J connectivity index is 2.76. The van der Waals surface area contributed by atoms with E-state index in [2.05, 4.69) is 4.74 Å². The van der Waals surface area contributed by atoms with Gasteiger partial charge in [-0.2, -0.15) is 22.0 Å². The Hall–Kier alpha value is -2.92. The number of alkyl halides is 5. The summed E-state index contributed by atoms with van der Waals surface area (Å²) in [7, 11) is 0.747. The second-order valence-corrected chi connectivity index (χ2v) is 5.10. The molecule has 0 spiro atoms. The maximum Gasteiger partial charge on any atom is 0.431 e. The van der Waals surface area contributed by atoms with E-state index >= 15 is 0 Å². The van der Waals surface area contributed by atoms with Crippen LogP contribution in [0.5, 0.6) is 11.5 Å². The molecule has 0 amide bonds. The predicted octanol–water partition coefficient (Wildman–Crippen LogP) is 2.69.